The van der Waals surface area contributed by atoms with Gasteiger partial charge in [-0.15, -0.1) is 0 Å². The van der Waals surface area contributed by atoms with Gasteiger partial charge in [-0.3, -0.25) is 4.79 Å². The van der Waals surface area contributed by atoms with Crippen LogP contribution in [0.25, 0.3) is 0 Å². The maximum Gasteiger partial charge on any atom is 0.230 e. The third-order valence-corrected chi connectivity index (χ3v) is 5.00. The van der Waals surface area contributed by atoms with E-state index in [1.807, 2.05) is 4.90 Å². The maximum atomic E-state index is 12.0. The van der Waals surface area contributed by atoms with Gasteiger partial charge in [0.2, 0.25) is 11.8 Å². The van der Waals surface area contributed by atoms with E-state index >= 15 is 0 Å². The summed E-state index contributed by atoms with van der Waals surface area (Å²) in [4.78, 5) is 18.5. The Kier molecular flexibility index (Phi) is 4.59. The molecule has 1 saturated heterocycles. The van der Waals surface area contributed by atoms with Crippen LogP contribution in [0.15, 0.2) is 4.52 Å². The monoisotopic (exact) mass is 332 g/mol. The van der Waals surface area contributed by atoms with E-state index in [9.17, 15) is 4.79 Å². The van der Waals surface area contributed by atoms with Gasteiger partial charge in [0.05, 0.1) is 6.07 Å². The number of aromatic nitrogens is 2. The number of piperidine rings is 1. The predicted molar refractivity (Wildman–Crippen MR) is 85.0 cm³/mol. The van der Waals surface area contributed by atoms with Gasteiger partial charge in [-0.1, -0.05) is 19.0 Å². The lowest BCUT2D eigenvalue weighted by Gasteiger charge is -2.39. The molecule has 1 aliphatic heterocycles. The largest absolute Gasteiger partial charge is 0.363 e. The summed E-state index contributed by atoms with van der Waals surface area (Å²) in [7, 11) is 1.56. The van der Waals surface area contributed by atoms with Crippen molar-refractivity contribution in [1.29, 1.82) is 5.26 Å². The summed E-state index contributed by atoms with van der Waals surface area (Å²) in [5.74, 6) is 2.13. The molecule has 0 N–H and O–H groups in total. The highest BCUT2D eigenvalue weighted by atomic mass is 16.5. The second kappa shape index (κ2) is 6.52. The van der Waals surface area contributed by atoms with Gasteiger partial charge in [0.15, 0.2) is 11.4 Å². The van der Waals surface area contributed by atoms with Crippen LogP contribution in [0.1, 0.15) is 63.1 Å². The summed E-state index contributed by atoms with van der Waals surface area (Å²) >= 11 is 0. The van der Waals surface area contributed by atoms with Gasteiger partial charge < -0.3 is 14.2 Å². The van der Waals surface area contributed by atoms with Crippen LogP contribution in [-0.2, 0) is 9.53 Å². The van der Waals surface area contributed by atoms with Crippen molar-refractivity contribution in [2.45, 2.75) is 57.0 Å². The lowest BCUT2D eigenvalue weighted by molar-refractivity contribution is -0.134. The fourth-order valence-corrected chi connectivity index (χ4v) is 3.54. The van der Waals surface area contributed by atoms with Crippen LogP contribution < -0.4 is 0 Å². The van der Waals surface area contributed by atoms with E-state index in [1.54, 1.807) is 7.11 Å². The molecule has 1 aliphatic carbocycles. The Hall–Kier alpha value is -1.94. The van der Waals surface area contributed by atoms with Gasteiger partial charge in [-0.2, -0.15) is 10.2 Å². The predicted octanol–water partition coefficient (Wildman–Crippen LogP) is 2.22. The minimum atomic E-state index is -0.704. The highest BCUT2D eigenvalue weighted by Crippen LogP contribution is 2.46. The van der Waals surface area contributed by atoms with Crippen molar-refractivity contribution in [3.8, 4) is 6.07 Å². The number of likely N-dealkylation sites (tertiary alicyclic amines) is 1. The highest BCUT2D eigenvalue weighted by Gasteiger charge is 2.48. The Bertz CT molecular complexity index is 643. The van der Waals surface area contributed by atoms with Crippen molar-refractivity contribution in [2.75, 3.05) is 20.2 Å². The number of carbonyl (C=O) groups is 1. The number of methoxy groups -OCH3 is 1. The summed E-state index contributed by atoms with van der Waals surface area (Å²) < 4.78 is 10.7. The summed E-state index contributed by atoms with van der Waals surface area (Å²) in [6.07, 6.45) is 2.47. The zero-order chi connectivity index (χ0) is 17.3. The summed E-state index contributed by atoms with van der Waals surface area (Å²) in [5, 5.41) is 13.3. The lowest BCUT2D eigenvalue weighted by Crippen LogP contribution is -2.43. The SMILES string of the molecule is COC1(C#N)CC(c2nc(C3CCC(=O)N(CC(C)C)C3)no2)C1. The fraction of sp³-hybridized carbons (Fsp3) is 0.765. The molecular weight excluding hydrogens is 308 g/mol. The molecule has 2 heterocycles. The Morgan fingerprint density at radius 3 is 2.83 bits per heavy atom. The smallest absolute Gasteiger partial charge is 0.230 e. The van der Waals surface area contributed by atoms with Crippen LogP contribution >= 0.6 is 0 Å². The number of nitriles is 1. The van der Waals surface area contributed by atoms with E-state index in [2.05, 4.69) is 30.1 Å². The molecular formula is C17H24N4O3. The van der Waals surface area contributed by atoms with Gasteiger partial charge in [0.25, 0.3) is 0 Å². The summed E-state index contributed by atoms with van der Waals surface area (Å²) in [5.41, 5.74) is -0.704. The molecule has 130 valence electrons. The van der Waals surface area contributed by atoms with Gasteiger partial charge in [-0.25, -0.2) is 0 Å². The van der Waals surface area contributed by atoms with Crippen LogP contribution in [0.3, 0.4) is 0 Å². The van der Waals surface area contributed by atoms with Crippen molar-refractivity contribution < 1.29 is 14.1 Å². The van der Waals surface area contributed by atoms with E-state index in [4.69, 9.17) is 14.5 Å². The molecule has 0 spiro atoms. The van der Waals surface area contributed by atoms with Crippen LogP contribution in [0, 0.1) is 17.2 Å². The molecule has 0 aromatic carbocycles. The number of hydrogen-bond donors (Lipinski definition) is 0. The molecule has 1 unspecified atom stereocenters. The number of rotatable bonds is 5. The molecule has 2 aliphatic rings. The first kappa shape index (κ1) is 16.9. The molecule has 2 fully saturated rings. The number of hydrogen-bond acceptors (Lipinski definition) is 6. The Morgan fingerprint density at radius 1 is 1.46 bits per heavy atom. The average Bonchev–Trinajstić information content (AvgIpc) is 2.99. The quantitative estimate of drug-likeness (QED) is 0.821. The molecule has 1 amide bonds. The molecule has 7 heteroatoms. The van der Waals surface area contributed by atoms with Crippen LogP contribution in [0.2, 0.25) is 0 Å². The molecule has 0 bridgehead atoms. The van der Waals surface area contributed by atoms with Crippen molar-refractivity contribution in [2.24, 2.45) is 5.92 Å². The fourth-order valence-electron chi connectivity index (χ4n) is 3.54. The molecule has 1 atom stereocenters. The van der Waals surface area contributed by atoms with Gasteiger partial charge >= 0.3 is 0 Å². The normalized spacial score (nSPS) is 30.3. The van der Waals surface area contributed by atoms with E-state index in [0.29, 0.717) is 43.4 Å². The first-order valence-electron chi connectivity index (χ1n) is 8.54. The maximum absolute atomic E-state index is 12.0. The van der Waals surface area contributed by atoms with E-state index in [0.717, 1.165) is 13.0 Å². The summed E-state index contributed by atoms with van der Waals surface area (Å²) in [6.45, 7) is 5.64. The molecule has 7 nitrogen and oxygen atoms in total. The number of ether oxygens (including phenoxy) is 1. The van der Waals surface area contributed by atoms with Gasteiger partial charge in [-0.05, 0) is 12.3 Å². The minimum absolute atomic E-state index is 0.0860. The molecule has 1 aromatic heterocycles. The first-order chi connectivity index (χ1) is 11.5. The standard InChI is InChI=1S/C17H24N4O3/c1-11(2)8-21-9-12(4-5-14(21)22)15-19-16(24-20-15)13-6-17(7-13,10-18)23-3/h11-13H,4-9H2,1-3H3. The van der Waals surface area contributed by atoms with Crippen molar-refractivity contribution >= 4 is 5.91 Å². The van der Waals surface area contributed by atoms with Crippen LogP contribution in [-0.4, -0.2) is 46.7 Å². The zero-order valence-electron chi connectivity index (χ0n) is 14.5. The van der Waals surface area contributed by atoms with E-state index < -0.39 is 5.60 Å². The van der Waals surface area contributed by atoms with Crippen molar-refractivity contribution in [3.05, 3.63) is 11.7 Å². The van der Waals surface area contributed by atoms with Crippen LogP contribution in [0.4, 0.5) is 0 Å². The molecule has 0 radical (unpaired) electrons. The van der Waals surface area contributed by atoms with E-state index in [-0.39, 0.29) is 17.7 Å². The first-order valence-corrected chi connectivity index (χ1v) is 8.54. The third-order valence-electron chi connectivity index (χ3n) is 5.00. The molecule has 3 rings (SSSR count). The number of nitrogens with zero attached hydrogens (tertiary/aromatic N) is 4. The zero-order valence-corrected chi connectivity index (χ0v) is 14.5. The number of amides is 1. The Balaban J connectivity index is 1.64. The number of carbonyl (C=O) groups excluding carboxylic acids is 1. The van der Waals surface area contributed by atoms with Crippen LogP contribution in [0.5, 0.6) is 0 Å². The Labute approximate surface area is 142 Å². The van der Waals surface area contributed by atoms with Gasteiger partial charge in [0, 0.05) is 51.3 Å². The highest BCUT2D eigenvalue weighted by molar-refractivity contribution is 5.77. The molecule has 24 heavy (non-hydrogen) atoms. The third kappa shape index (κ3) is 3.16. The van der Waals surface area contributed by atoms with E-state index in [1.165, 1.54) is 0 Å². The minimum Gasteiger partial charge on any atom is -0.363 e. The Morgan fingerprint density at radius 2 is 2.21 bits per heavy atom. The average molecular weight is 332 g/mol. The van der Waals surface area contributed by atoms with Crippen molar-refractivity contribution in [3.63, 3.8) is 0 Å². The summed E-state index contributed by atoms with van der Waals surface area (Å²) in [6, 6.07) is 2.21. The second-order valence-corrected chi connectivity index (χ2v) is 7.33. The second-order valence-electron chi connectivity index (χ2n) is 7.33. The molecule has 1 aromatic rings. The topological polar surface area (TPSA) is 92.2 Å². The lowest BCUT2D eigenvalue weighted by atomic mass is 9.71. The van der Waals surface area contributed by atoms with Gasteiger partial charge in [0.1, 0.15) is 0 Å². The van der Waals surface area contributed by atoms with Crippen molar-refractivity contribution in [1.82, 2.24) is 15.0 Å². The molecule has 1 saturated carbocycles.